The van der Waals surface area contributed by atoms with Gasteiger partial charge in [0.1, 0.15) is 0 Å². The summed E-state index contributed by atoms with van der Waals surface area (Å²) >= 11 is 0. The molecule has 1 aliphatic rings. The van der Waals surface area contributed by atoms with E-state index in [9.17, 15) is 0 Å². The molecule has 7 aromatic rings. The average molecular weight is 566 g/mol. The van der Waals surface area contributed by atoms with Crippen LogP contribution in [0.4, 0.5) is 0 Å². The predicted molar refractivity (Wildman–Crippen MR) is 185 cm³/mol. The molecule has 2 aromatic heterocycles. The van der Waals surface area contributed by atoms with Gasteiger partial charge in [-0.2, -0.15) is 0 Å². The van der Waals surface area contributed by atoms with Gasteiger partial charge >= 0.3 is 0 Å². The number of aromatic nitrogens is 3. The van der Waals surface area contributed by atoms with E-state index in [-0.39, 0.29) is 5.41 Å². The first-order valence-electron chi connectivity index (χ1n) is 15.0. The fourth-order valence-electron chi connectivity index (χ4n) is 7.20. The zero-order valence-corrected chi connectivity index (χ0v) is 24.9. The van der Waals surface area contributed by atoms with E-state index in [1.165, 1.54) is 27.7 Å². The lowest BCUT2D eigenvalue weighted by molar-refractivity contribution is 0.660. The number of benzene rings is 5. The van der Waals surface area contributed by atoms with Crippen molar-refractivity contribution in [1.29, 1.82) is 0 Å². The molecule has 210 valence electrons. The summed E-state index contributed by atoms with van der Waals surface area (Å²) in [4.78, 5) is 10.5. The van der Waals surface area contributed by atoms with Crippen molar-refractivity contribution in [1.82, 2.24) is 14.5 Å². The smallest absolute Gasteiger partial charge is 0.160 e. The SMILES string of the molecule is C=CC1=C(C=C)C(C)(C)c2c1n(-c1cc3c(-c4ccccc4)nc(-c4ccccc4)nc3c3ccccc13)c1ccccc21. The highest BCUT2D eigenvalue weighted by Gasteiger charge is 2.40. The van der Waals surface area contributed by atoms with Gasteiger partial charge in [0.2, 0.25) is 0 Å². The molecular formula is C41H31N3. The summed E-state index contributed by atoms with van der Waals surface area (Å²) in [5.74, 6) is 0.719. The minimum absolute atomic E-state index is 0.221. The Morgan fingerprint density at radius 2 is 1.25 bits per heavy atom. The van der Waals surface area contributed by atoms with Gasteiger partial charge in [-0.1, -0.05) is 142 Å². The maximum absolute atomic E-state index is 5.24. The van der Waals surface area contributed by atoms with E-state index in [4.69, 9.17) is 9.97 Å². The highest BCUT2D eigenvalue weighted by Crippen LogP contribution is 2.53. The van der Waals surface area contributed by atoms with Crippen LogP contribution < -0.4 is 0 Å². The predicted octanol–water partition coefficient (Wildman–Crippen LogP) is 10.5. The Balaban J connectivity index is 1.56. The number of fused-ring (bicyclic) bond motifs is 6. The summed E-state index contributed by atoms with van der Waals surface area (Å²) in [5, 5.41) is 4.48. The fraction of sp³-hybridized carbons (Fsp3) is 0.0732. The highest BCUT2D eigenvalue weighted by molar-refractivity contribution is 6.14. The lowest BCUT2D eigenvalue weighted by Gasteiger charge is -2.22. The Kier molecular flexibility index (Phi) is 5.79. The van der Waals surface area contributed by atoms with E-state index in [0.29, 0.717) is 0 Å². The molecule has 0 unspecified atom stereocenters. The number of hydrogen-bond acceptors (Lipinski definition) is 2. The minimum atomic E-state index is -0.221. The van der Waals surface area contributed by atoms with Crippen LogP contribution in [0.2, 0.25) is 0 Å². The molecule has 1 aliphatic carbocycles. The monoisotopic (exact) mass is 565 g/mol. The van der Waals surface area contributed by atoms with Crippen LogP contribution >= 0.6 is 0 Å². The standard InChI is InChI=1S/C41H31N3/c1-5-28-33(6-2)41(3,4)36-31-23-15-16-24-34(31)44(39(28)36)35-25-32-37(26-17-9-7-10-18-26)42-40(27-19-11-8-12-20-27)43-38(32)30-22-14-13-21-29(30)35/h5-25H,1-2H2,3-4H3. The van der Waals surface area contributed by atoms with Crippen LogP contribution in [0.5, 0.6) is 0 Å². The van der Waals surface area contributed by atoms with Gasteiger partial charge in [0, 0.05) is 43.7 Å². The van der Waals surface area contributed by atoms with Gasteiger partial charge in [0.25, 0.3) is 0 Å². The molecule has 0 saturated heterocycles. The van der Waals surface area contributed by atoms with E-state index in [0.717, 1.165) is 55.6 Å². The molecule has 2 heterocycles. The Labute approximate surface area is 257 Å². The lowest BCUT2D eigenvalue weighted by atomic mass is 9.80. The van der Waals surface area contributed by atoms with Crippen LogP contribution in [-0.2, 0) is 5.41 Å². The first kappa shape index (κ1) is 26.1. The molecule has 3 heteroatoms. The van der Waals surface area contributed by atoms with Crippen molar-refractivity contribution in [3.05, 3.63) is 157 Å². The third-order valence-electron chi connectivity index (χ3n) is 9.13. The zero-order valence-electron chi connectivity index (χ0n) is 24.9. The second-order valence-electron chi connectivity index (χ2n) is 11.9. The number of hydrogen-bond donors (Lipinski definition) is 0. The largest absolute Gasteiger partial charge is 0.308 e. The van der Waals surface area contributed by atoms with E-state index in [1.54, 1.807) is 0 Å². The van der Waals surface area contributed by atoms with Crippen molar-refractivity contribution in [2.24, 2.45) is 0 Å². The third kappa shape index (κ3) is 3.62. The highest BCUT2D eigenvalue weighted by atomic mass is 15.0. The summed E-state index contributed by atoms with van der Waals surface area (Å²) in [6, 6.07) is 40.3. The summed E-state index contributed by atoms with van der Waals surface area (Å²) in [6.07, 6.45) is 3.99. The Morgan fingerprint density at radius 1 is 0.636 bits per heavy atom. The number of allylic oxidation sites excluding steroid dienone is 4. The molecule has 0 bridgehead atoms. The molecule has 0 spiro atoms. The quantitative estimate of drug-likeness (QED) is 0.194. The third-order valence-corrected chi connectivity index (χ3v) is 9.13. The van der Waals surface area contributed by atoms with Crippen LogP contribution in [0, 0.1) is 0 Å². The maximum Gasteiger partial charge on any atom is 0.160 e. The van der Waals surface area contributed by atoms with Crippen molar-refractivity contribution in [3.63, 3.8) is 0 Å². The zero-order chi connectivity index (χ0) is 30.0. The molecule has 44 heavy (non-hydrogen) atoms. The molecule has 0 atom stereocenters. The fourth-order valence-corrected chi connectivity index (χ4v) is 7.20. The molecule has 8 rings (SSSR count). The molecule has 5 aromatic carbocycles. The molecule has 0 N–H and O–H groups in total. The second-order valence-corrected chi connectivity index (χ2v) is 11.9. The Hall–Kier alpha value is -5.54. The topological polar surface area (TPSA) is 30.7 Å². The van der Waals surface area contributed by atoms with E-state index < -0.39 is 0 Å². The van der Waals surface area contributed by atoms with Crippen molar-refractivity contribution >= 4 is 38.2 Å². The molecule has 0 radical (unpaired) electrons. The van der Waals surface area contributed by atoms with Crippen LogP contribution in [0.25, 0.3) is 66.5 Å². The van der Waals surface area contributed by atoms with Gasteiger partial charge in [-0.15, -0.1) is 0 Å². The van der Waals surface area contributed by atoms with Crippen LogP contribution in [-0.4, -0.2) is 14.5 Å². The Morgan fingerprint density at radius 3 is 1.93 bits per heavy atom. The van der Waals surface area contributed by atoms with Gasteiger partial charge < -0.3 is 4.57 Å². The average Bonchev–Trinajstić information content (AvgIpc) is 3.53. The first-order valence-corrected chi connectivity index (χ1v) is 15.0. The molecule has 0 amide bonds. The summed E-state index contributed by atoms with van der Waals surface area (Å²) in [5.41, 5.74) is 10.8. The number of nitrogens with zero attached hydrogens (tertiary/aromatic N) is 3. The number of rotatable bonds is 5. The first-order chi connectivity index (χ1) is 21.5. The molecule has 0 saturated carbocycles. The Bertz CT molecular complexity index is 2320. The normalized spacial score (nSPS) is 14.0. The molecule has 0 fully saturated rings. The summed E-state index contributed by atoms with van der Waals surface area (Å²) in [7, 11) is 0. The summed E-state index contributed by atoms with van der Waals surface area (Å²) < 4.78 is 2.43. The molecular weight excluding hydrogens is 534 g/mol. The molecule has 0 aliphatic heterocycles. The van der Waals surface area contributed by atoms with Gasteiger partial charge in [-0.3, -0.25) is 0 Å². The maximum atomic E-state index is 5.24. The van der Waals surface area contributed by atoms with Crippen molar-refractivity contribution < 1.29 is 0 Å². The number of para-hydroxylation sites is 1. The van der Waals surface area contributed by atoms with Crippen LogP contribution in [0.15, 0.2) is 146 Å². The van der Waals surface area contributed by atoms with Gasteiger partial charge in [0.05, 0.1) is 28.1 Å². The van der Waals surface area contributed by atoms with Crippen molar-refractivity contribution in [2.75, 3.05) is 0 Å². The van der Waals surface area contributed by atoms with Crippen molar-refractivity contribution in [2.45, 2.75) is 19.3 Å². The van der Waals surface area contributed by atoms with E-state index >= 15 is 0 Å². The van der Waals surface area contributed by atoms with Gasteiger partial charge in [-0.05, 0) is 23.3 Å². The van der Waals surface area contributed by atoms with Gasteiger partial charge in [0.15, 0.2) is 5.82 Å². The van der Waals surface area contributed by atoms with Gasteiger partial charge in [-0.25, -0.2) is 9.97 Å². The van der Waals surface area contributed by atoms with Crippen LogP contribution in [0.3, 0.4) is 0 Å². The van der Waals surface area contributed by atoms with Crippen molar-refractivity contribution in [3.8, 4) is 28.3 Å². The van der Waals surface area contributed by atoms with E-state index in [1.807, 2.05) is 36.4 Å². The summed E-state index contributed by atoms with van der Waals surface area (Å²) in [6.45, 7) is 13.1. The minimum Gasteiger partial charge on any atom is -0.308 e. The lowest BCUT2D eigenvalue weighted by Crippen LogP contribution is -2.15. The van der Waals surface area contributed by atoms with Crippen LogP contribution in [0.1, 0.15) is 25.1 Å². The van der Waals surface area contributed by atoms with E-state index in [2.05, 4.69) is 123 Å². The second kappa shape index (κ2) is 9.75. The molecule has 3 nitrogen and oxygen atoms in total.